The van der Waals surface area contributed by atoms with Crippen molar-refractivity contribution in [1.82, 2.24) is 29.4 Å². The van der Waals surface area contributed by atoms with Crippen molar-refractivity contribution in [3.8, 4) is 0 Å². The van der Waals surface area contributed by atoms with Gasteiger partial charge in [-0.1, -0.05) is 0 Å². The molecular formula is C16H19F3N8. The smallest absolute Gasteiger partial charge is 0.367 e. The first-order chi connectivity index (χ1) is 12.8. The van der Waals surface area contributed by atoms with E-state index in [2.05, 4.69) is 30.4 Å². The predicted octanol–water partition coefficient (Wildman–Crippen LogP) is 2.27. The molecule has 1 fully saturated rings. The number of anilines is 2. The quantitative estimate of drug-likeness (QED) is 0.751. The second kappa shape index (κ2) is 6.39. The average Bonchev–Trinajstić information content (AvgIpc) is 3.21. The van der Waals surface area contributed by atoms with Gasteiger partial charge in [0.1, 0.15) is 5.82 Å². The van der Waals surface area contributed by atoms with Crippen LogP contribution in [-0.4, -0.2) is 48.5 Å². The van der Waals surface area contributed by atoms with Crippen molar-refractivity contribution in [2.75, 3.05) is 23.3 Å². The Hall–Kier alpha value is -2.85. The molecule has 0 aliphatic carbocycles. The van der Waals surface area contributed by atoms with Gasteiger partial charge in [0.25, 0.3) is 11.6 Å². The number of fused-ring (bicyclic) bond motifs is 1. The maximum Gasteiger partial charge on any atom is 0.453 e. The van der Waals surface area contributed by atoms with Gasteiger partial charge in [-0.2, -0.15) is 27.8 Å². The molecule has 1 saturated heterocycles. The molecule has 144 valence electrons. The Bertz CT molecular complexity index is 960. The first-order valence-corrected chi connectivity index (χ1v) is 8.61. The number of aryl methyl sites for hydroxylation is 2. The normalized spacial score (nSPS) is 18.3. The summed E-state index contributed by atoms with van der Waals surface area (Å²) >= 11 is 0. The summed E-state index contributed by atoms with van der Waals surface area (Å²) in [6.07, 6.45) is 1.01. The van der Waals surface area contributed by atoms with Crippen LogP contribution in [0.4, 0.5) is 24.7 Å². The average molecular weight is 380 g/mol. The zero-order valence-corrected chi connectivity index (χ0v) is 14.9. The summed E-state index contributed by atoms with van der Waals surface area (Å²) < 4.78 is 41.7. The van der Waals surface area contributed by atoms with Gasteiger partial charge in [-0.3, -0.25) is 4.68 Å². The zero-order chi connectivity index (χ0) is 19.2. The topological polar surface area (TPSA) is 76.2 Å². The molecule has 0 aromatic carbocycles. The Balaban J connectivity index is 1.60. The van der Waals surface area contributed by atoms with Crippen LogP contribution in [0.2, 0.25) is 0 Å². The highest BCUT2D eigenvalue weighted by molar-refractivity contribution is 5.48. The number of nitrogens with one attached hydrogen (secondary N) is 1. The first-order valence-electron chi connectivity index (χ1n) is 8.61. The van der Waals surface area contributed by atoms with Gasteiger partial charge in [0.2, 0.25) is 0 Å². The van der Waals surface area contributed by atoms with Gasteiger partial charge in [-0.15, -0.1) is 5.10 Å². The number of hydrogen-bond donors (Lipinski definition) is 1. The van der Waals surface area contributed by atoms with E-state index in [4.69, 9.17) is 0 Å². The fourth-order valence-corrected chi connectivity index (χ4v) is 3.32. The van der Waals surface area contributed by atoms with Gasteiger partial charge in [0.15, 0.2) is 0 Å². The Morgan fingerprint density at radius 3 is 2.78 bits per heavy atom. The molecule has 4 rings (SSSR count). The van der Waals surface area contributed by atoms with Crippen molar-refractivity contribution in [3.63, 3.8) is 0 Å². The number of hydrogen-bond acceptors (Lipinski definition) is 6. The van der Waals surface area contributed by atoms with Crippen molar-refractivity contribution < 1.29 is 13.2 Å². The van der Waals surface area contributed by atoms with Crippen LogP contribution in [0.1, 0.15) is 24.4 Å². The maximum absolute atomic E-state index is 13.0. The minimum absolute atomic E-state index is 0.0579. The minimum atomic E-state index is -4.61. The molecule has 8 nitrogen and oxygen atoms in total. The standard InChI is InChI=1S/C16H19F3N8/c1-10-6-13(27-15(21-10)23-14(24-27)16(17,18)19)22-11-4-3-5-26(8-11)12-7-20-25(2)9-12/h6-7,9,11,22H,3-5,8H2,1-2H3. The van der Waals surface area contributed by atoms with E-state index in [0.29, 0.717) is 11.5 Å². The number of rotatable bonds is 3. The lowest BCUT2D eigenvalue weighted by Crippen LogP contribution is -2.42. The third-order valence-corrected chi connectivity index (χ3v) is 4.52. The fourth-order valence-electron chi connectivity index (χ4n) is 3.32. The summed E-state index contributed by atoms with van der Waals surface area (Å²) in [6, 6.07) is 1.74. The van der Waals surface area contributed by atoms with Crippen LogP contribution in [0.25, 0.3) is 5.78 Å². The minimum Gasteiger partial charge on any atom is -0.367 e. The fraction of sp³-hybridized carbons (Fsp3) is 0.500. The molecule has 1 N–H and O–H groups in total. The highest BCUT2D eigenvalue weighted by Gasteiger charge is 2.37. The van der Waals surface area contributed by atoms with E-state index >= 15 is 0 Å². The molecule has 11 heteroatoms. The molecular weight excluding hydrogens is 361 g/mol. The van der Waals surface area contributed by atoms with Crippen LogP contribution in [0.3, 0.4) is 0 Å². The van der Waals surface area contributed by atoms with Gasteiger partial charge in [0, 0.05) is 44.1 Å². The highest BCUT2D eigenvalue weighted by atomic mass is 19.4. The number of piperidine rings is 1. The molecule has 27 heavy (non-hydrogen) atoms. The van der Waals surface area contributed by atoms with Gasteiger partial charge in [0.05, 0.1) is 11.9 Å². The van der Waals surface area contributed by atoms with E-state index in [1.807, 2.05) is 19.4 Å². The molecule has 1 unspecified atom stereocenters. The van der Waals surface area contributed by atoms with Crippen molar-refractivity contribution in [2.45, 2.75) is 32.0 Å². The lowest BCUT2D eigenvalue weighted by atomic mass is 10.1. The summed E-state index contributed by atoms with van der Waals surface area (Å²) in [5.41, 5.74) is 1.60. The van der Waals surface area contributed by atoms with Gasteiger partial charge >= 0.3 is 6.18 Å². The van der Waals surface area contributed by atoms with Gasteiger partial charge < -0.3 is 10.2 Å². The zero-order valence-electron chi connectivity index (χ0n) is 14.9. The predicted molar refractivity (Wildman–Crippen MR) is 92.6 cm³/mol. The van der Waals surface area contributed by atoms with Crippen molar-refractivity contribution >= 4 is 17.3 Å². The van der Waals surface area contributed by atoms with Crippen LogP contribution in [0.5, 0.6) is 0 Å². The highest BCUT2D eigenvalue weighted by Crippen LogP contribution is 2.28. The molecule has 4 heterocycles. The molecule has 0 spiro atoms. The van der Waals surface area contributed by atoms with Gasteiger partial charge in [-0.05, 0) is 19.8 Å². The van der Waals surface area contributed by atoms with E-state index in [0.717, 1.165) is 36.1 Å². The first kappa shape index (κ1) is 17.6. The molecule has 1 aliphatic rings. The van der Waals surface area contributed by atoms with E-state index in [-0.39, 0.29) is 11.8 Å². The van der Waals surface area contributed by atoms with E-state index in [9.17, 15) is 13.2 Å². The monoisotopic (exact) mass is 380 g/mol. The molecule has 0 amide bonds. The molecule has 1 aliphatic heterocycles. The molecule has 3 aromatic rings. The molecule has 0 saturated carbocycles. The van der Waals surface area contributed by atoms with Crippen LogP contribution < -0.4 is 10.2 Å². The summed E-state index contributed by atoms with van der Waals surface area (Å²) in [7, 11) is 1.86. The van der Waals surface area contributed by atoms with E-state index in [1.165, 1.54) is 0 Å². The SMILES string of the molecule is Cc1cc(NC2CCCN(c3cnn(C)c3)C2)n2nc(C(F)(F)F)nc2n1. The summed E-state index contributed by atoms with van der Waals surface area (Å²) in [5.74, 6) is -0.799. The second-order valence-corrected chi connectivity index (χ2v) is 6.73. The Labute approximate surface area is 153 Å². The largest absolute Gasteiger partial charge is 0.453 e. The second-order valence-electron chi connectivity index (χ2n) is 6.73. The Morgan fingerprint density at radius 1 is 1.26 bits per heavy atom. The number of alkyl halides is 3. The number of aromatic nitrogens is 6. The van der Waals surface area contributed by atoms with Crippen molar-refractivity contribution in [2.24, 2.45) is 7.05 Å². The third kappa shape index (κ3) is 3.53. The maximum atomic E-state index is 13.0. The van der Waals surface area contributed by atoms with Crippen molar-refractivity contribution in [3.05, 3.63) is 30.0 Å². The lowest BCUT2D eigenvalue weighted by Gasteiger charge is -2.34. The molecule has 1 atom stereocenters. The van der Waals surface area contributed by atoms with E-state index in [1.54, 1.807) is 17.7 Å². The molecule has 3 aromatic heterocycles. The van der Waals surface area contributed by atoms with Gasteiger partial charge in [-0.25, -0.2) is 4.98 Å². The Morgan fingerprint density at radius 2 is 2.07 bits per heavy atom. The molecule has 0 bridgehead atoms. The van der Waals surface area contributed by atoms with Crippen LogP contribution in [-0.2, 0) is 13.2 Å². The van der Waals surface area contributed by atoms with Crippen LogP contribution >= 0.6 is 0 Å². The Kier molecular flexibility index (Phi) is 4.16. The summed E-state index contributed by atoms with van der Waals surface area (Å²) in [4.78, 5) is 9.79. The van der Waals surface area contributed by atoms with Crippen LogP contribution in [0, 0.1) is 6.92 Å². The summed E-state index contributed by atoms with van der Waals surface area (Å²) in [5, 5.41) is 11.1. The molecule has 0 radical (unpaired) electrons. The number of halogens is 3. The van der Waals surface area contributed by atoms with Crippen LogP contribution in [0.15, 0.2) is 18.5 Å². The van der Waals surface area contributed by atoms with Crippen molar-refractivity contribution in [1.29, 1.82) is 0 Å². The number of nitrogens with zero attached hydrogens (tertiary/aromatic N) is 7. The summed E-state index contributed by atoms with van der Waals surface area (Å²) in [6.45, 7) is 3.35. The lowest BCUT2D eigenvalue weighted by molar-refractivity contribution is -0.144. The third-order valence-electron chi connectivity index (χ3n) is 4.52. The van der Waals surface area contributed by atoms with E-state index < -0.39 is 12.0 Å².